The Labute approximate surface area is 500 Å². The number of pyridine rings is 1. The summed E-state index contributed by atoms with van der Waals surface area (Å²) in [6.45, 7) is 36.8. The number of hydrogen-bond acceptors (Lipinski definition) is 13. The van der Waals surface area contributed by atoms with Crippen molar-refractivity contribution in [2.24, 2.45) is 0 Å². The molecule has 466 valence electrons. The zero-order valence-electron chi connectivity index (χ0n) is 52.4. The third kappa shape index (κ3) is 18.2. The highest BCUT2D eigenvalue weighted by molar-refractivity contribution is 7.91. The van der Waals surface area contributed by atoms with Crippen LogP contribution in [-0.2, 0) is 63.7 Å². The van der Waals surface area contributed by atoms with Gasteiger partial charge in [0.2, 0.25) is 47.8 Å². The van der Waals surface area contributed by atoms with Gasteiger partial charge in [0, 0.05) is 75.4 Å². The van der Waals surface area contributed by atoms with Gasteiger partial charge in [0.15, 0.2) is 0 Å². The van der Waals surface area contributed by atoms with Crippen LogP contribution in [0.3, 0.4) is 0 Å². The maximum Gasteiger partial charge on any atom is 0.240 e. The summed E-state index contributed by atoms with van der Waals surface area (Å²) < 4.78 is 110. The van der Waals surface area contributed by atoms with Crippen molar-refractivity contribution >= 4 is 47.8 Å². The molecule has 0 unspecified atom stereocenters. The molecule has 0 atom stereocenters. The van der Waals surface area contributed by atoms with Crippen LogP contribution in [0, 0.1) is 18.6 Å². The first kappa shape index (κ1) is 69.6. The summed E-state index contributed by atoms with van der Waals surface area (Å²) in [7, 11) is -11.1. The molecule has 3 aromatic carbocycles. The Bertz CT molecular complexity index is 3110. The van der Waals surface area contributed by atoms with Crippen LogP contribution in [-0.4, -0.2) is 136 Å². The van der Waals surface area contributed by atoms with Crippen molar-refractivity contribution in [2.45, 2.75) is 200 Å². The molecule has 0 radical (unpaired) electrons. The minimum Gasteiger partial charge on any atom is -0.298 e. The molecule has 3 fully saturated rings. The first-order valence-corrected chi connectivity index (χ1v) is 34.1. The third-order valence-corrected chi connectivity index (χ3v) is 21.1. The van der Waals surface area contributed by atoms with Gasteiger partial charge in [-0.1, -0.05) is 93.0 Å². The van der Waals surface area contributed by atoms with Gasteiger partial charge in [0.1, 0.15) is 27.4 Å². The normalized spacial score (nSPS) is 15.9. The van der Waals surface area contributed by atoms with Crippen molar-refractivity contribution in [1.29, 1.82) is 0 Å². The number of nitrogens with zero attached hydrogens (tertiary/aromatic N) is 4. The number of benzene rings is 3. The fourth-order valence-electron chi connectivity index (χ4n) is 10.7. The highest BCUT2D eigenvalue weighted by atomic mass is 32.2. The van der Waals surface area contributed by atoms with Gasteiger partial charge in [-0.25, -0.2) is 34.0 Å². The molecule has 3 amide bonds. The molecule has 3 aliphatic heterocycles. The Morgan fingerprint density at radius 1 is 0.476 bits per heavy atom. The molecule has 0 aliphatic carbocycles. The lowest BCUT2D eigenvalue weighted by Gasteiger charge is -2.41. The molecule has 3 saturated heterocycles. The molecule has 4 aromatic rings. The highest BCUT2D eigenvalue weighted by Gasteiger charge is 2.42. The van der Waals surface area contributed by atoms with Crippen molar-refractivity contribution in [2.75, 3.05) is 39.3 Å². The number of aromatic nitrogens is 1. The average Bonchev–Trinajstić information content (AvgIpc) is 3.38. The van der Waals surface area contributed by atoms with E-state index in [0.29, 0.717) is 67.6 Å². The lowest BCUT2D eigenvalue weighted by atomic mass is 9.85. The van der Waals surface area contributed by atoms with Gasteiger partial charge in [-0.05, 0) is 158 Å². The van der Waals surface area contributed by atoms with Gasteiger partial charge >= 0.3 is 0 Å². The predicted molar refractivity (Wildman–Crippen MR) is 331 cm³/mol. The fraction of sp³-hybridized carbons (Fsp3) is 0.587. The molecule has 4 heterocycles. The van der Waals surface area contributed by atoms with Gasteiger partial charge in [-0.3, -0.25) is 48.2 Å². The lowest BCUT2D eigenvalue weighted by Crippen LogP contribution is -2.60. The number of aryl methyl sites for hydroxylation is 1. The quantitative estimate of drug-likeness (QED) is 0.0710. The summed E-state index contributed by atoms with van der Waals surface area (Å²) in [6, 6.07) is 14.3. The van der Waals surface area contributed by atoms with Gasteiger partial charge in [-0.2, -0.15) is 0 Å². The first-order chi connectivity index (χ1) is 38.9. The molecule has 21 heteroatoms. The highest BCUT2D eigenvalue weighted by Crippen LogP contribution is 2.34. The van der Waals surface area contributed by atoms with Crippen molar-refractivity contribution in [3.05, 3.63) is 123 Å². The summed E-state index contributed by atoms with van der Waals surface area (Å²) >= 11 is 0. The van der Waals surface area contributed by atoms with E-state index in [1.165, 1.54) is 29.8 Å². The number of carbonyl (C=O) groups is 3. The Morgan fingerprint density at radius 2 is 0.762 bits per heavy atom. The fourth-order valence-corrected chi connectivity index (χ4v) is 14.7. The Kier molecular flexibility index (Phi) is 24.0. The zero-order valence-corrected chi connectivity index (χ0v) is 54.9. The maximum absolute atomic E-state index is 14.3. The molecule has 0 spiro atoms. The minimum atomic E-state index is -3.76. The first-order valence-electron chi connectivity index (χ1n) is 29.5. The maximum atomic E-state index is 14.3. The van der Waals surface area contributed by atoms with E-state index in [4.69, 9.17) is 0 Å². The monoisotopic (exact) mass is 1230 g/mol. The van der Waals surface area contributed by atoms with Gasteiger partial charge in [0.05, 0.1) is 19.3 Å². The van der Waals surface area contributed by atoms with Crippen LogP contribution >= 0.6 is 0 Å². The second-order valence-corrected chi connectivity index (χ2v) is 31.2. The largest absolute Gasteiger partial charge is 0.298 e. The molecule has 7 rings (SSSR count). The molecular weight excluding hydrogens is 1130 g/mol. The average molecular weight is 1230 g/mol. The smallest absolute Gasteiger partial charge is 0.240 e. The number of rotatable bonds is 21. The summed E-state index contributed by atoms with van der Waals surface area (Å²) in [5.41, 5.74) is 9.14. The summed E-state index contributed by atoms with van der Waals surface area (Å²) in [6.07, 6.45) is 3.09. The number of amides is 3. The van der Waals surface area contributed by atoms with E-state index in [9.17, 15) is 48.4 Å². The second-order valence-electron chi connectivity index (χ2n) is 25.3. The summed E-state index contributed by atoms with van der Waals surface area (Å²) in [5.74, 6) is -1.79. The van der Waals surface area contributed by atoms with Crippen LogP contribution in [0.4, 0.5) is 8.78 Å². The number of likely N-dealkylation sites (tertiary alicyclic amines) is 3. The SMILES string of the molecule is CC(C)c1cc(F)cc(-c2cccnc2)c1CC(=O)NS(=O)(=O)C1CN(C(C)C)C1.CC(C)c1cc(F)cc(C(C)C)c1CC(=O)NS(=O)(=O)C1CN(C(C)C)C1.Cc1cc(C(C)C)c(CC(=O)NS(=O)(=O)C2CN(C(C)C)C2)c(C(C)C)c1. The lowest BCUT2D eigenvalue weighted by molar-refractivity contribution is -0.119. The number of hydrogen-bond donors (Lipinski definition) is 3. The zero-order chi connectivity index (χ0) is 63.1. The van der Waals surface area contributed by atoms with E-state index in [2.05, 4.69) is 70.8 Å². The van der Waals surface area contributed by atoms with Crippen LogP contribution in [0.25, 0.3) is 11.1 Å². The Hall–Kier alpha value is -5.19. The number of nitrogens with one attached hydrogen (secondary N) is 3. The van der Waals surface area contributed by atoms with Gasteiger partial charge in [0.25, 0.3) is 0 Å². The van der Waals surface area contributed by atoms with Crippen LogP contribution in [0.1, 0.15) is 190 Å². The van der Waals surface area contributed by atoms with Crippen molar-refractivity contribution in [3.63, 3.8) is 0 Å². The van der Waals surface area contributed by atoms with Crippen LogP contribution in [0.2, 0.25) is 0 Å². The van der Waals surface area contributed by atoms with E-state index in [1.54, 1.807) is 24.5 Å². The van der Waals surface area contributed by atoms with Crippen molar-refractivity contribution in [1.82, 2.24) is 33.8 Å². The third-order valence-electron chi connectivity index (χ3n) is 16.0. The van der Waals surface area contributed by atoms with Crippen molar-refractivity contribution in [3.8, 4) is 11.1 Å². The summed E-state index contributed by atoms with van der Waals surface area (Å²) in [4.78, 5) is 48.1. The van der Waals surface area contributed by atoms with E-state index in [0.717, 1.165) is 33.4 Å². The van der Waals surface area contributed by atoms with Crippen molar-refractivity contribution < 1.29 is 48.4 Å². The van der Waals surface area contributed by atoms with Crippen LogP contribution < -0.4 is 14.2 Å². The molecule has 3 aliphatic rings. The topological polar surface area (TPSA) is 212 Å². The molecule has 1 aromatic heterocycles. The Balaban J connectivity index is 0.000000231. The van der Waals surface area contributed by atoms with Crippen LogP contribution in [0.15, 0.2) is 60.9 Å². The number of halogens is 2. The number of sulfonamides is 3. The molecule has 0 saturated carbocycles. The van der Waals surface area contributed by atoms with E-state index in [1.807, 2.05) is 92.9 Å². The summed E-state index contributed by atoms with van der Waals surface area (Å²) in [5, 5.41) is -1.67. The molecular formula is C63H93F2N7O9S3. The standard InChI is InChI=1S/C22H28FN3O3S.C21H34N2O3S.C20H31FN2O3S/c1-14(2)19-8-17(23)9-20(16-6-5-7-24-11-16)21(19)10-22(27)25-30(28,29)18-12-26(13-18)15(3)4;1-13(2)18-8-16(7)9-19(14(3)4)20(18)10-21(24)22-27(25,26)17-11-23(12-17)15(5)6;1-12(2)17-7-15(21)8-18(13(3)4)19(17)9-20(24)22-27(25,26)16-10-23(11-16)14(5)6/h5-9,11,14-15,18H,10,12-13H2,1-4H3,(H,25,27);8-9,13-15,17H,10-12H2,1-7H3,(H,22,24);7-8,12-14,16H,9-11H2,1-6H3,(H,22,24). The molecule has 84 heavy (non-hydrogen) atoms. The van der Waals surface area contributed by atoms with E-state index in [-0.39, 0.29) is 66.8 Å². The Morgan fingerprint density at radius 3 is 1.05 bits per heavy atom. The predicted octanol–water partition coefficient (Wildman–Crippen LogP) is 9.57. The van der Waals surface area contributed by atoms with Crippen LogP contribution in [0.5, 0.6) is 0 Å². The molecule has 3 N–H and O–H groups in total. The van der Waals surface area contributed by atoms with Gasteiger partial charge < -0.3 is 0 Å². The van der Waals surface area contributed by atoms with Gasteiger partial charge in [-0.15, -0.1) is 0 Å². The number of carbonyl (C=O) groups excluding carboxylic acids is 3. The van der Waals surface area contributed by atoms with E-state index >= 15 is 0 Å². The molecule has 0 bridgehead atoms. The minimum absolute atomic E-state index is 0.0313. The molecule has 16 nitrogen and oxygen atoms in total. The van der Waals surface area contributed by atoms with E-state index < -0.39 is 69.4 Å². The second kappa shape index (κ2) is 29.0.